The van der Waals surface area contributed by atoms with Crippen LogP contribution in [0.1, 0.15) is 79.5 Å². The molecule has 6 aromatic carbocycles. The van der Waals surface area contributed by atoms with Crippen molar-refractivity contribution in [2.24, 2.45) is 0 Å². The van der Waals surface area contributed by atoms with Gasteiger partial charge in [0.25, 0.3) is 0 Å². The van der Waals surface area contributed by atoms with Crippen LogP contribution in [-0.2, 0) is 26.3 Å². The molecule has 0 N–H and O–H groups in total. The summed E-state index contributed by atoms with van der Waals surface area (Å²) in [6.45, 7) is 26.6. The van der Waals surface area contributed by atoms with Gasteiger partial charge in [-0.3, -0.25) is 0 Å². The Balaban J connectivity index is 0.000000225. The molecule has 0 nitrogen and oxygen atoms in total. The van der Waals surface area contributed by atoms with Crippen molar-refractivity contribution in [1.29, 1.82) is 0 Å². The fraction of sp³-hybridized carbons (Fsp3) is 0.318. The number of aryl methyl sites for hydroxylation is 5. The minimum absolute atomic E-state index is 0.204. The van der Waals surface area contributed by atoms with Crippen LogP contribution in [0.4, 0.5) is 0 Å². The molecule has 0 aliphatic heterocycles. The summed E-state index contributed by atoms with van der Waals surface area (Å²) in [6.07, 6.45) is 0. The maximum absolute atomic E-state index is 4.93. The van der Waals surface area contributed by atoms with Crippen molar-refractivity contribution in [3.05, 3.63) is 130 Å². The number of hydrogen-bond donors (Lipinski definition) is 0. The summed E-state index contributed by atoms with van der Waals surface area (Å²) < 4.78 is 0. The maximum atomic E-state index is 4.93. The van der Waals surface area contributed by atoms with Crippen molar-refractivity contribution in [1.82, 2.24) is 0 Å². The van der Waals surface area contributed by atoms with Crippen LogP contribution in [0.15, 0.2) is 91.0 Å². The first kappa shape index (κ1) is 40.2. The Kier molecular flexibility index (Phi) is 15.2. The van der Waals surface area contributed by atoms with E-state index in [1.807, 2.05) is 0 Å². The van der Waals surface area contributed by atoms with E-state index >= 15 is 0 Å². The molecule has 0 saturated heterocycles. The summed E-state index contributed by atoms with van der Waals surface area (Å²) in [6, 6.07) is 34.1. The Hall–Kier alpha value is -2.22. The van der Waals surface area contributed by atoms with Crippen molar-refractivity contribution in [2.75, 3.05) is 0 Å². The predicted octanol–water partition coefficient (Wildman–Crippen LogP) is 14.6. The van der Waals surface area contributed by atoms with Gasteiger partial charge in [-0.05, 0) is 59.9 Å². The van der Waals surface area contributed by atoms with E-state index in [1.165, 1.54) is 82.7 Å². The fourth-order valence-electron chi connectivity index (χ4n) is 6.41. The average Bonchev–Trinajstić information content (AvgIpc) is 3.63. The predicted molar refractivity (Wildman–Crippen MR) is 216 cm³/mol. The summed E-state index contributed by atoms with van der Waals surface area (Å²) >= 11 is -0.826. The Morgan fingerprint density at radius 2 is 1.27 bits per heavy atom. The van der Waals surface area contributed by atoms with Gasteiger partial charge in [-0.1, -0.05) is 127 Å². The van der Waals surface area contributed by atoms with E-state index in [1.54, 1.807) is 0 Å². The Bertz CT molecular complexity index is 1890. The number of fused-ring (bicyclic) bond motifs is 2. The summed E-state index contributed by atoms with van der Waals surface area (Å²) in [7, 11) is 11.0. The fourth-order valence-corrected chi connectivity index (χ4v) is 6.41. The quantitative estimate of drug-likeness (QED) is 0.124. The van der Waals surface area contributed by atoms with Crippen LogP contribution in [0, 0.1) is 34.6 Å². The van der Waals surface area contributed by atoms with E-state index in [2.05, 4.69) is 173 Å². The van der Waals surface area contributed by atoms with E-state index in [0.717, 1.165) is 9.52 Å². The zero-order valence-electron chi connectivity index (χ0n) is 31.0. The summed E-state index contributed by atoms with van der Waals surface area (Å²) in [4.78, 5) is 0. The summed E-state index contributed by atoms with van der Waals surface area (Å²) in [5.74, 6) is 0.573. The third-order valence-corrected chi connectivity index (χ3v) is 8.70. The molecule has 0 aliphatic rings. The van der Waals surface area contributed by atoms with Crippen molar-refractivity contribution in [3.8, 4) is 22.3 Å². The van der Waals surface area contributed by atoms with Gasteiger partial charge < -0.3 is 0 Å². The molecule has 6 aromatic rings. The molecule has 0 saturated carbocycles. The van der Waals surface area contributed by atoms with Crippen LogP contribution >= 0.6 is 17.0 Å². The normalized spacial score (nSPS) is 10.9. The van der Waals surface area contributed by atoms with Crippen molar-refractivity contribution in [3.63, 3.8) is 0 Å². The first-order chi connectivity index (χ1) is 22.7. The van der Waals surface area contributed by atoms with Gasteiger partial charge >= 0.3 is 37.9 Å². The molecule has 0 aliphatic carbocycles. The van der Waals surface area contributed by atoms with E-state index in [0.29, 0.717) is 5.92 Å². The van der Waals surface area contributed by atoms with Gasteiger partial charge in [-0.15, -0.1) is 68.6 Å². The first-order valence-electron chi connectivity index (χ1n) is 16.8. The van der Waals surface area contributed by atoms with Gasteiger partial charge in [0.15, 0.2) is 0 Å². The molecule has 0 spiro atoms. The van der Waals surface area contributed by atoms with Crippen LogP contribution in [0.2, 0.25) is 13.1 Å². The molecule has 0 bridgehead atoms. The minimum atomic E-state index is -0.826. The van der Waals surface area contributed by atoms with Crippen LogP contribution in [0.25, 0.3) is 43.8 Å². The summed E-state index contributed by atoms with van der Waals surface area (Å²) in [5.41, 5.74) is 15.2. The molecule has 0 aromatic heterocycles. The van der Waals surface area contributed by atoms with Crippen molar-refractivity contribution in [2.45, 2.75) is 93.7 Å². The van der Waals surface area contributed by atoms with Gasteiger partial charge in [-0.2, -0.15) is 12.1 Å². The molecule has 0 heterocycles. The molecule has 48 heavy (non-hydrogen) atoms. The van der Waals surface area contributed by atoms with Gasteiger partial charge in [0.2, 0.25) is 0 Å². The van der Waals surface area contributed by atoms with E-state index < -0.39 is 20.8 Å². The zero-order chi connectivity index (χ0) is 35.8. The molecular formula is C44H52Cl2SiZr. The van der Waals surface area contributed by atoms with Crippen molar-refractivity contribution >= 4 is 48.1 Å². The van der Waals surface area contributed by atoms with Crippen LogP contribution < -0.4 is 0 Å². The monoisotopic (exact) mass is 768 g/mol. The molecular weight excluding hydrogens is 719 g/mol. The van der Waals surface area contributed by atoms with Crippen LogP contribution in [0.3, 0.4) is 0 Å². The van der Waals surface area contributed by atoms with Crippen LogP contribution in [-0.4, -0.2) is 9.52 Å². The first-order valence-corrected chi connectivity index (χ1v) is 25.1. The topological polar surface area (TPSA) is 0 Å². The van der Waals surface area contributed by atoms with E-state index in [4.69, 9.17) is 17.0 Å². The summed E-state index contributed by atoms with van der Waals surface area (Å²) in [5, 5.41) is 5.49. The molecule has 6 rings (SSSR count). The molecule has 0 fully saturated rings. The number of hydrogen-bond acceptors (Lipinski definition) is 0. The second-order valence-corrected chi connectivity index (χ2v) is 18.9. The zero-order valence-corrected chi connectivity index (χ0v) is 36.0. The van der Waals surface area contributed by atoms with Gasteiger partial charge in [0.05, 0.1) is 0 Å². The van der Waals surface area contributed by atoms with Gasteiger partial charge in [-0.25, -0.2) is 0 Å². The number of rotatable bonds is 3. The Morgan fingerprint density at radius 1 is 0.688 bits per heavy atom. The second kappa shape index (κ2) is 18.1. The van der Waals surface area contributed by atoms with Gasteiger partial charge in [0.1, 0.15) is 0 Å². The molecule has 0 amide bonds. The molecule has 0 atom stereocenters. The number of benzene rings is 4. The molecule has 0 unspecified atom stereocenters. The van der Waals surface area contributed by atoms with Gasteiger partial charge in [0, 0.05) is 9.52 Å². The molecule has 250 valence electrons. The Labute approximate surface area is 312 Å². The third-order valence-electron chi connectivity index (χ3n) is 8.70. The molecule has 2 radical (unpaired) electrons. The second-order valence-electron chi connectivity index (χ2n) is 14.2. The average molecular weight is 771 g/mol. The molecule has 4 heteroatoms. The Morgan fingerprint density at radius 3 is 1.81 bits per heavy atom. The van der Waals surface area contributed by atoms with Crippen molar-refractivity contribution < 1.29 is 20.8 Å². The van der Waals surface area contributed by atoms with E-state index in [-0.39, 0.29) is 5.41 Å². The number of halogens is 2. The van der Waals surface area contributed by atoms with Crippen LogP contribution in [0.5, 0.6) is 0 Å². The van der Waals surface area contributed by atoms with E-state index in [9.17, 15) is 0 Å². The standard InChI is InChI=1S/C22H25.C20H21.C2H6Si.2ClH.Zr/c1-15(2)18-13-17-7-6-8-20(21(17)14-18)16-9-11-19(12-10-16)22(3,4)5;1-12-8-15(4)20(16(5)9-12)17-7-6-14(3)18-10-13(2)11-19(17)18;1-3-2;;;/h6-15H,1-5H3;6-11H,1-5H3;1-2H3;2*1H;/q2*-1;;;;+4/p-2. The third kappa shape index (κ3) is 10.2. The SMILES string of the molecule is CC(C)c1cc2c(-c3ccc(C(C)(C)C)cc3)cccc2[cH-]1.C[Si]C.Cc1cc(C)c(-c2ccc(C)c3[cH-]c(C)cc23)c(C)c1.[Cl][Zr+2][Cl].